The molecule has 1 saturated carbocycles. The van der Waals surface area contributed by atoms with E-state index >= 15 is 0 Å². The number of pyridine rings is 1. The average molecular weight is 302 g/mol. The lowest BCUT2D eigenvalue weighted by atomic mass is 9.80. The summed E-state index contributed by atoms with van der Waals surface area (Å²) in [7, 11) is 0. The van der Waals surface area contributed by atoms with E-state index in [0.717, 1.165) is 36.0 Å². The molecule has 2 aromatic rings. The van der Waals surface area contributed by atoms with Crippen LogP contribution in [-0.2, 0) is 0 Å². The summed E-state index contributed by atoms with van der Waals surface area (Å²) >= 11 is 0. The Balaban J connectivity index is 1.90. The molecule has 0 unspecified atom stereocenters. The van der Waals surface area contributed by atoms with Gasteiger partial charge in [-0.2, -0.15) is 5.10 Å². The normalized spacial score (nSPS) is 16.8. The summed E-state index contributed by atoms with van der Waals surface area (Å²) in [6, 6.07) is 1.95. The Hall–Kier alpha value is -1.95. The fraction of sp³-hybridized carbons (Fsp3) is 0.562. The molecule has 1 aliphatic carbocycles. The summed E-state index contributed by atoms with van der Waals surface area (Å²) in [6.07, 6.45) is 4.22. The van der Waals surface area contributed by atoms with Crippen molar-refractivity contribution in [3.05, 3.63) is 23.5 Å². The van der Waals surface area contributed by atoms with E-state index in [1.807, 2.05) is 25.5 Å². The second-order valence-electron chi connectivity index (χ2n) is 6.49. The predicted molar refractivity (Wildman–Crippen MR) is 83.8 cm³/mol. The summed E-state index contributed by atoms with van der Waals surface area (Å²) in [6.45, 7) is 6.23. The molecule has 22 heavy (non-hydrogen) atoms. The second kappa shape index (κ2) is 5.35. The molecule has 118 valence electrons. The van der Waals surface area contributed by atoms with Crippen molar-refractivity contribution < 1.29 is 9.90 Å². The van der Waals surface area contributed by atoms with Crippen molar-refractivity contribution in [2.24, 2.45) is 0 Å². The van der Waals surface area contributed by atoms with Crippen molar-refractivity contribution in [2.75, 3.05) is 6.54 Å². The number of nitrogens with zero attached hydrogens (tertiary/aromatic N) is 3. The largest absolute Gasteiger partial charge is 0.388 e. The standard InChI is InChI=1S/C16H22N4O2/c1-10(2)20-14-13(8-18-20)12(7-11(3)19-14)15(21)17-9-16(22)5-4-6-16/h7-8,10,22H,4-6,9H2,1-3H3,(H,17,21). The first-order chi connectivity index (χ1) is 10.4. The van der Waals surface area contributed by atoms with E-state index in [1.54, 1.807) is 12.3 Å². The number of amides is 1. The maximum atomic E-state index is 12.5. The monoisotopic (exact) mass is 302 g/mol. The molecule has 6 heteroatoms. The quantitative estimate of drug-likeness (QED) is 0.905. The molecule has 1 aliphatic rings. The van der Waals surface area contributed by atoms with E-state index in [1.165, 1.54) is 0 Å². The summed E-state index contributed by atoms with van der Waals surface area (Å²) in [5.74, 6) is -0.181. The third-order valence-electron chi connectivity index (χ3n) is 4.29. The van der Waals surface area contributed by atoms with Gasteiger partial charge >= 0.3 is 0 Å². The first-order valence-corrected chi connectivity index (χ1v) is 7.75. The third-order valence-corrected chi connectivity index (χ3v) is 4.29. The van der Waals surface area contributed by atoms with E-state index in [-0.39, 0.29) is 11.9 Å². The van der Waals surface area contributed by atoms with Gasteiger partial charge in [0.05, 0.1) is 22.7 Å². The molecule has 2 N–H and O–H groups in total. The van der Waals surface area contributed by atoms with Gasteiger partial charge in [0.2, 0.25) is 0 Å². The van der Waals surface area contributed by atoms with Crippen LogP contribution in [0.2, 0.25) is 0 Å². The van der Waals surface area contributed by atoms with Crippen LogP contribution in [-0.4, -0.2) is 37.9 Å². The highest BCUT2D eigenvalue weighted by atomic mass is 16.3. The molecule has 0 atom stereocenters. The molecule has 0 saturated heterocycles. The average Bonchev–Trinajstić information content (AvgIpc) is 2.85. The van der Waals surface area contributed by atoms with Gasteiger partial charge in [0.1, 0.15) is 0 Å². The number of rotatable bonds is 4. The number of aliphatic hydroxyl groups is 1. The Morgan fingerprint density at radius 3 is 2.82 bits per heavy atom. The van der Waals surface area contributed by atoms with Crippen molar-refractivity contribution >= 4 is 16.9 Å². The lowest BCUT2D eigenvalue weighted by Gasteiger charge is -2.36. The molecule has 0 aliphatic heterocycles. The SMILES string of the molecule is Cc1cc(C(=O)NCC2(O)CCC2)c2cnn(C(C)C)c2n1. The van der Waals surface area contributed by atoms with E-state index in [4.69, 9.17) is 0 Å². The van der Waals surface area contributed by atoms with Crippen molar-refractivity contribution in [3.63, 3.8) is 0 Å². The number of hydrogen-bond acceptors (Lipinski definition) is 4. The molecule has 1 amide bonds. The minimum Gasteiger partial charge on any atom is -0.388 e. The zero-order valence-electron chi connectivity index (χ0n) is 13.3. The Kier molecular flexibility index (Phi) is 3.64. The summed E-state index contributed by atoms with van der Waals surface area (Å²) in [5.41, 5.74) is 1.35. The van der Waals surface area contributed by atoms with Crippen LogP contribution in [0, 0.1) is 6.92 Å². The van der Waals surface area contributed by atoms with Crippen LogP contribution >= 0.6 is 0 Å². The number of hydrogen-bond donors (Lipinski definition) is 2. The van der Waals surface area contributed by atoms with Gasteiger partial charge in [-0.15, -0.1) is 0 Å². The number of carbonyl (C=O) groups excluding carboxylic acids is 1. The maximum Gasteiger partial charge on any atom is 0.252 e. The van der Waals surface area contributed by atoms with E-state index in [9.17, 15) is 9.90 Å². The zero-order valence-corrected chi connectivity index (χ0v) is 13.3. The molecule has 3 rings (SSSR count). The van der Waals surface area contributed by atoms with Gasteiger partial charge in [0.15, 0.2) is 5.65 Å². The summed E-state index contributed by atoms with van der Waals surface area (Å²) in [5, 5.41) is 18.0. The lowest BCUT2D eigenvalue weighted by Crippen LogP contribution is -2.47. The Bertz CT molecular complexity index is 716. The molecular formula is C16H22N4O2. The fourth-order valence-electron chi connectivity index (χ4n) is 2.81. The van der Waals surface area contributed by atoms with Crippen molar-refractivity contribution in [2.45, 2.75) is 51.7 Å². The highest BCUT2D eigenvalue weighted by Crippen LogP contribution is 2.30. The summed E-state index contributed by atoms with van der Waals surface area (Å²) in [4.78, 5) is 17.0. The molecule has 6 nitrogen and oxygen atoms in total. The number of fused-ring (bicyclic) bond motifs is 1. The lowest BCUT2D eigenvalue weighted by molar-refractivity contribution is -0.0300. The molecule has 2 heterocycles. The number of carbonyl (C=O) groups is 1. The first kappa shape index (κ1) is 15.0. The minimum atomic E-state index is -0.723. The highest BCUT2D eigenvalue weighted by molar-refractivity contribution is 6.05. The number of nitrogens with one attached hydrogen (secondary N) is 1. The number of aryl methyl sites for hydroxylation is 1. The van der Waals surface area contributed by atoms with Crippen LogP contribution in [0.1, 0.15) is 55.2 Å². The van der Waals surface area contributed by atoms with E-state index in [0.29, 0.717) is 12.1 Å². The van der Waals surface area contributed by atoms with Crippen LogP contribution in [0.3, 0.4) is 0 Å². The molecule has 0 aromatic carbocycles. The van der Waals surface area contributed by atoms with Crippen LogP contribution in [0.25, 0.3) is 11.0 Å². The zero-order chi connectivity index (χ0) is 15.9. The van der Waals surface area contributed by atoms with E-state index < -0.39 is 5.60 Å². The Morgan fingerprint density at radius 2 is 2.23 bits per heavy atom. The highest BCUT2D eigenvalue weighted by Gasteiger charge is 2.34. The second-order valence-corrected chi connectivity index (χ2v) is 6.49. The van der Waals surface area contributed by atoms with Crippen LogP contribution < -0.4 is 5.32 Å². The van der Waals surface area contributed by atoms with Gasteiger partial charge in [0, 0.05) is 18.3 Å². The summed E-state index contributed by atoms with van der Waals surface area (Å²) < 4.78 is 1.82. The Morgan fingerprint density at radius 1 is 1.50 bits per heavy atom. The van der Waals surface area contributed by atoms with Gasteiger partial charge in [-0.3, -0.25) is 4.79 Å². The van der Waals surface area contributed by atoms with Crippen LogP contribution in [0.15, 0.2) is 12.3 Å². The van der Waals surface area contributed by atoms with Gasteiger partial charge < -0.3 is 10.4 Å². The van der Waals surface area contributed by atoms with E-state index in [2.05, 4.69) is 15.4 Å². The molecule has 0 radical (unpaired) electrons. The first-order valence-electron chi connectivity index (χ1n) is 7.75. The molecule has 0 bridgehead atoms. The fourth-order valence-corrected chi connectivity index (χ4v) is 2.81. The third kappa shape index (κ3) is 2.59. The van der Waals surface area contributed by atoms with Crippen LogP contribution in [0.5, 0.6) is 0 Å². The van der Waals surface area contributed by atoms with Gasteiger partial charge in [-0.05, 0) is 46.1 Å². The predicted octanol–water partition coefficient (Wildman–Crippen LogP) is 1.97. The Labute approximate surface area is 129 Å². The van der Waals surface area contributed by atoms with Gasteiger partial charge in [0.25, 0.3) is 5.91 Å². The van der Waals surface area contributed by atoms with Crippen molar-refractivity contribution in [1.29, 1.82) is 0 Å². The molecule has 2 aromatic heterocycles. The van der Waals surface area contributed by atoms with Crippen LogP contribution in [0.4, 0.5) is 0 Å². The molecule has 1 fully saturated rings. The number of aromatic nitrogens is 3. The maximum absolute atomic E-state index is 12.5. The van der Waals surface area contributed by atoms with Crippen molar-refractivity contribution in [1.82, 2.24) is 20.1 Å². The van der Waals surface area contributed by atoms with Crippen molar-refractivity contribution in [3.8, 4) is 0 Å². The van der Waals surface area contributed by atoms with Gasteiger partial charge in [-0.1, -0.05) is 0 Å². The molecule has 0 spiro atoms. The minimum absolute atomic E-state index is 0.179. The smallest absolute Gasteiger partial charge is 0.252 e. The topological polar surface area (TPSA) is 80.0 Å². The molecular weight excluding hydrogens is 280 g/mol. The van der Waals surface area contributed by atoms with Gasteiger partial charge in [-0.25, -0.2) is 9.67 Å².